The predicted molar refractivity (Wildman–Crippen MR) is 88.4 cm³/mol. The summed E-state index contributed by atoms with van der Waals surface area (Å²) in [6.45, 7) is 1.81. The van der Waals surface area contributed by atoms with Crippen LogP contribution in [0.2, 0.25) is 0 Å². The average Bonchev–Trinajstić information content (AvgIpc) is 2.60. The van der Waals surface area contributed by atoms with Crippen LogP contribution in [0.4, 0.5) is 4.39 Å². The lowest BCUT2D eigenvalue weighted by molar-refractivity contribution is 0.0939. The minimum absolute atomic E-state index is 0.0917. The van der Waals surface area contributed by atoms with E-state index in [1.54, 1.807) is 32.4 Å². The molecule has 2 aromatic rings. The summed E-state index contributed by atoms with van der Waals surface area (Å²) in [6.07, 6.45) is 0. The fraction of sp³-hybridized carbons (Fsp3) is 0.278. The van der Waals surface area contributed by atoms with Crippen LogP contribution in [-0.2, 0) is 0 Å². The molecule has 1 amide bonds. The number of benzene rings is 2. The second-order valence-corrected chi connectivity index (χ2v) is 5.15. The van der Waals surface area contributed by atoms with Gasteiger partial charge in [0.15, 0.2) is 11.6 Å². The van der Waals surface area contributed by atoms with Crippen molar-refractivity contribution >= 4 is 5.91 Å². The Morgan fingerprint density at radius 1 is 1.00 bits per heavy atom. The zero-order valence-corrected chi connectivity index (χ0v) is 14.1. The molecule has 0 radical (unpaired) electrons. The van der Waals surface area contributed by atoms with Crippen LogP contribution in [0, 0.1) is 5.82 Å². The van der Waals surface area contributed by atoms with Crippen LogP contribution in [0.1, 0.15) is 28.9 Å². The zero-order chi connectivity index (χ0) is 17.7. The third-order valence-corrected chi connectivity index (χ3v) is 3.66. The minimum Gasteiger partial charge on any atom is -0.497 e. The van der Waals surface area contributed by atoms with E-state index in [1.807, 2.05) is 6.92 Å². The maximum absolute atomic E-state index is 13.7. The van der Waals surface area contributed by atoms with Crippen molar-refractivity contribution in [2.75, 3.05) is 21.3 Å². The largest absolute Gasteiger partial charge is 0.497 e. The van der Waals surface area contributed by atoms with Crippen molar-refractivity contribution in [1.82, 2.24) is 5.32 Å². The Hall–Kier alpha value is -2.76. The van der Waals surface area contributed by atoms with E-state index in [0.717, 1.165) is 11.6 Å². The Kier molecular flexibility index (Phi) is 5.63. The molecule has 0 unspecified atom stereocenters. The average molecular weight is 333 g/mol. The molecule has 0 aliphatic carbocycles. The zero-order valence-electron chi connectivity index (χ0n) is 14.1. The lowest BCUT2D eigenvalue weighted by Crippen LogP contribution is -2.27. The van der Waals surface area contributed by atoms with E-state index in [4.69, 9.17) is 14.2 Å². The van der Waals surface area contributed by atoms with Gasteiger partial charge in [0.05, 0.1) is 27.4 Å². The van der Waals surface area contributed by atoms with E-state index >= 15 is 0 Å². The standard InChI is InChI=1S/C18H20FNO4/c1-11(14-10-13(22-2)6-8-16(14)23-3)20-18(21)12-5-7-17(24-4)15(19)9-12/h5-11H,1-4H3,(H,20,21)/t11-/m0/s1. The van der Waals surface area contributed by atoms with Crippen molar-refractivity contribution in [1.29, 1.82) is 0 Å². The molecule has 5 nitrogen and oxygen atoms in total. The third kappa shape index (κ3) is 3.76. The molecule has 0 saturated carbocycles. The summed E-state index contributed by atoms with van der Waals surface area (Å²) in [4.78, 5) is 12.3. The number of methoxy groups -OCH3 is 3. The van der Waals surface area contributed by atoms with Gasteiger partial charge in [-0.05, 0) is 43.3 Å². The minimum atomic E-state index is -0.586. The van der Waals surface area contributed by atoms with Gasteiger partial charge in [0.2, 0.25) is 0 Å². The molecule has 6 heteroatoms. The van der Waals surface area contributed by atoms with E-state index in [1.165, 1.54) is 19.2 Å². The van der Waals surface area contributed by atoms with E-state index in [2.05, 4.69) is 5.32 Å². The molecule has 1 N–H and O–H groups in total. The van der Waals surface area contributed by atoms with Gasteiger partial charge in [0.1, 0.15) is 11.5 Å². The Labute approximate surface area is 140 Å². The van der Waals surface area contributed by atoms with Crippen molar-refractivity contribution in [3.05, 3.63) is 53.3 Å². The molecular weight excluding hydrogens is 313 g/mol. The van der Waals surface area contributed by atoms with Gasteiger partial charge in [-0.15, -0.1) is 0 Å². The van der Waals surface area contributed by atoms with Gasteiger partial charge in [-0.2, -0.15) is 0 Å². The summed E-state index contributed by atoms with van der Waals surface area (Å²) in [5, 5.41) is 2.82. The molecule has 0 spiro atoms. The second kappa shape index (κ2) is 7.68. The molecule has 24 heavy (non-hydrogen) atoms. The van der Waals surface area contributed by atoms with Crippen molar-refractivity contribution in [2.24, 2.45) is 0 Å². The van der Waals surface area contributed by atoms with Crippen LogP contribution < -0.4 is 19.5 Å². The molecule has 0 aromatic heterocycles. The maximum atomic E-state index is 13.7. The quantitative estimate of drug-likeness (QED) is 0.881. The topological polar surface area (TPSA) is 56.8 Å². The van der Waals surface area contributed by atoms with Crippen LogP contribution in [0.25, 0.3) is 0 Å². The summed E-state index contributed by atoms with van der Waals surface area (Å²) in [7, 11) is 4.49. The van der Waals surface area contributed by atoms with E-state index in [9.17, 15) is 9.18 Å². The Bertz CT molecular complexity index is 733. The molecule has 0 aliphatic heterocycles. The third-order valence-electron chi connectivity index (χ3n) is 3.66. The number of rotatable bonds is 6. The molecule has 0 bridgehead atoms. The molecule has 1 atom stereocenters. The van der Waals surface area contributed by atoms with Gasteiger partial charge in [-0.3, -0.25) is 4.79 Å². The summed E-state index contributed by atoms with van der Waals surface area (Å²) >= 11 is 0. The van der Waals surface area contributed by atoms with Gasteiger partial charge in [0, 0.05) is 11.1 Å². The molecule has 0 aliphatic rings. The number of halogens is 1. The van der Waals surface area contributed by atoms with E-state index < -0.39 is 11.7 Å². The van der Waals surface area contributed by atoms with Crippen LogP contribution in [-0.4, -0.2) is 27.2 Å². The monoisotopic (exact) mass is 333 g/mol. The summed E-state index contributed by atoms with van der Waals surface area (Å²) < 4.78 is 29.1. The normalized spacial score (nSPS) is 11.5. The maximum Gasteiger partial charge on any atom is 0.251 e. The highest BCUT2D eigenvalue weighted by Gasteiger charge is 2.17. The summed E-state index contributed by atoms with van der Waals surface area (Å²) in [6, 6.07) is 9.04. The first-order valence-electron chi connectivity index (χ1n) is 7.36. The molecule has 128 valence electrons. The number of hydrogen-bond acceptors (Lipinski definition) is 4. The summed E-state index contributed by atoms with van der Waals surface area (Å²) in [5.74, 6) is 0.395. The first-order valence-corrected chi connectivity index (χ1v) is 7.36. The lowest BCUT2D eigenvalue weighted by atomic mass is 10.1. The molecule has 0 heterocycles. The molecule has 0 fully saturated rings. The number of amides is 1. The van der Waals surface area contributed by atoms with Crippen LogP contribution in [0.15, 0.2) is 36.4 Å². The number of nitrogens with one attached hydrogen (secondary N) is 1. The first-order chi connectivity index (χ1) is 11.5. The van der Waals surface area contributed by atoms with E-state index in [-0.39, 0.29) is 17.4 Å². The van der Waals surface area contributed by atoms with Crippen molar-refractivity contribution < 1.29 is 23.4 Å². The van der Waals surface area contributed by atoms with Crippen LogP contribution >= 0.6 is 0 Å². The van der Waals surface area contributed by atoms with Crippen LogP contribution in [0.5, 0.6) is 17.2 Å². The van der Waals surface area contributed by atoms with Crippen LogP contribution in [0.3, 0.4) is 0 Å². The van der Waals surface area contributed by atoms with Crippen molar-refractivity contribution in [2.45, 2.75) is 13.0 Å². The summed E-state index contributed by atoms with van der Waals surface area (Å²) in [5.41, 5.74) is 0.973. The van der Waals surface area contributed by atoms with Gasteiger partial charge in [0.25, 0.3) is 5.91 Å². The fourth-order valence-corrected chi connectivity index (χ4v) is 2.34. The smallest absolute Gasteiger partial charge is 0.251 e. The van der Waals surface area contributed by atoms with Gasteiger partial charge >= 0.3 is 0 Å². The fourth-order valence-electron chi connectivity index (χ4n) is 2.34. The Balaban J connectivity index is 2.21. The second-order valence-electron chi connectivity index (χ2n) is 5.15. The highest BCUT2D eigenvalue weighted by atomic mass is 19.1. The van der Waals surface area contributed by atoms with E-state index in [0.29, 0.717) is 11.5 Å². The molecule has 2 rings (SSSR count). The highest BCUT2D eigenvalue weighted by molar-refractivity contribution is 5.94. The molecule has 2 aromatic carbocycles. The number of ether oxygens (including phenoxy) is 3. The Morgan fingerprint density at radius 3 is 2.25 bits per heavy atom. The lowest BCUT2D eigenvalue weighted by Gasteiger charge is -2.18. The van der Waals surface area contributed by atoms with Gasteiger partial charge < -0.3 is 19.5 Å². The Morgan fingerprint density at radius 2 is 1.67 bits per heavy atom. The predicted octanol–water partition coefficient (Wildman–Crippen LogP) is 3.34. The number of carbonyl (C=O) groups excluding carboxylic acids is 1. The van der Waals surface area contributed by atoms with Crippen molar-refractivity contribution in [3.8, 4) is 17.2 Å². The SMILES string of the molecule is COc1ccc(OC)c([C@H](C)NC(=O)c2ccc(OC)c(F)c2)c1. The number of hydrogen-bond donors (Lipinski definition) is 1. The molecule has 0 saturated heterocycles. The first kappa shape index (κ1) is 17.6. The van der Waals surface area contributed by atoms with Crippen molar-refractivity contribution in [3.63, 3.8) is 0 Å². The van der Waals surface area contributed by atoms with Gasteiger partial charge in [-0.1, -0.05) is 0 Å². The molecular formula is C18H20FNO4. The highest BCUT2D eigenvalue weighted by Crippen LogP contribution is 2.29. The van der Waals surface area contributed by atoms with Gasteiger partial charge in [-0.25, -0.2) is 4.39 Å². The number of carbonyl (C=O) groups is 1.